The van der Waals surface area contributed by atoms with Crippen LogP contribution in [0.5, 0.6) is 5.75 Å². The number of aliphatic imine (C=N–C) groups is 1. The van der Waals surface area contributed by atoms with Gasteiger partial charge < -0.3 is 9.47 Å². The van der Waals surface area contributed by atoms with E-state index in [0.717, 1.165) is 49.1 Å². The normalized spacial score (nSPS) is 14.1. The van der Waals surface area contributed by atoms with Crippen molar-refractivity contribution >= 4 is 23.3 Å². The Hall–Kier alpha value is -3.15. The van der Waals surface area contributed by atoms with Crippen LogP contribution in [0.2, 0.25) is 0 Å². The molecule has 33 heavy (non-hydrogen) atoms. The van der Waals surface area contributed by atoms with Gasteiger partial charge in [0.05, 0.1) is 31.4 Å². The third kappa shape index (κ3) is 6.91. The number of nitrogens with one attached hydrogen (secondary N) is 1. The molecular formula is C27H34N2O4. The number of benzene rings is 2. The molecule has 0 aromatic heterocycles. The van der Waals surface area contributed by atoms with Crippen LogP contribution in [0, 0.1) is 0 Å². The first kappa shape index (κ1) is 24.5. The van der Waals surface area contributed by atoms with Gasteiger partial charge in [0.1, 0.15) is 5.75 Å². The van der Waals surface area contributed by atoms with E-state index >= 15 is 0 Å². The molecule has 1 amide bonds. The van der Waals surface area contributed by atoms with Gasteiger partial charge in [0.15, 0.2) is 5.78 Å². The summed E-state index contributed by atoms with van der Waals surface area (Å²) in [6.45, 7) is 6.70. The van der Waals surface area contributed by atoms with Gasteiger partial charge in [-0.15, -0.1) is 0 Å². The van der Waals surface area contributed by atoms with Gasteiger partial charge >= 0.3 is 6.09 Å². The topological polar surface area (TPSA) is 77.0 Å². The Labute approximate surface area is 196 Å². The fraction of sp³-hybridized carbons (Fsp3) is 0.444. The number of hydrogen-bond donors (Lipinski definition) is 1. The maximum Gasteiger partial charge on any atom is 0.411 e. The van der Waals surface area contributed by atoms with Crippen molar-refractivity contribution in [3.63, 3.8) is 0 Å². The number of ether oxygens (including phenoxy) is 2. The standard InChI is InChI=1S/C27H34N2O4/c1-5-6-7-8-15-33-26(31)28-21-12-9-19(10-13-21)25(30)17-24-23-16-22(32-4)14-11-20(23)18-27(2,3)29-24/h9-14,16H,5-8,15,17-18H2,1-4H3,(H,28,31). The number of unbranched alkanes of at least 4 members (excludes halogenated alkanes) is 3. The van der Waals surface area contributed by atoms with Crippen LogP contribution in [0.4, 0.5) is 10.5 Å². The van der Waals surface area contributed by atoms with Gasteiger partial charge in [-0.3, -0.25) is 15.1 Å². The van der Waals surface area contributed by atoms with Crippen LogP contribution in [0.1, 0.15) is 74.4 Å². The van der Waals surface area contributed by atoms with Crippen LogP contribution in [0.15, 0.2) is 47.5 Å². The molecule has 0 saturated heterocycles. The molecule has 1 aliphatic rings. The quantitative estimate of drug-likeness (QED) is 0.344. The number of fused-ring (bicyclic) bond motifs is 1. The highest BCUT2D eigenvalue weighted by molar-refractivity contribution is 6.17. The number of hydrogen-bond acceptors (Lipinski definition) is 5. The molecule has 0 bridgehead atoms. The van der Waals surface area contributed by atoms with E-state index in [0.29, 0.717) is 17.9 Å². The van der Waals surface area contributed by atoms with E-state index in [1.807, 2.05) is 12.1 Å². The molecule has 0 saturated carbocycles. The van der Waals surface area contributed by atoms with Gasteiger partial charge in [-0.25, -0.2) is 4.79 Å². The van der Waals surface area contributed by atoms with Gasteiger partial charge in [0.25, 0.3) is 0 Å². The second-order valence-electron chi connectivity index (χ2n) is 9.07. The van der Waals surface area contributed by atoms with Crippen molar-refractivity contribution < 1.29 is 19.1 Å². The first-order chi connectivity index (χ1) is 15.8. The van der Waals surface area contributed by atoms with Crippen molar-refractivity contribution in [1.82, 2.24) is 0 Å². The third-order valence-corrected chi connectivity index (χ3v) is 5.70. The Kier molecular flexibility index (Phi) is 8.26. The molecule has 0 aliphatic carbocycles. The molecule has 2 aromatic carbocycles. The first-order valence-electron chi connectivity index (χ1n) is 11.6. The summed E-state index contributed by atoms with van der Waals surface area (Å²) < 4.78 is 10.6. The molecule has 6 heteroatoms. The lowest BCUT2D eigenvalue weighted by Gasteiger charge is -2.29. The summed E-state index contributed by atoms with van der Waals surface area (Å²) in [7, 11) is 1.63. The van der Waals surface area contributed by atoms with Crippen LogP contribution in [-0.2, 0) is 11.2 Å². The third-order valence-electron chi connectivity index (χ3n) is 5.70. The summed E-state index contributed by atoms with van der Waals surface area (Å²) in [4.78, 5) is 29.8. The Morgan fingerprint density at radius 1 is 1.06 bits per heavy atom. The molecule has 0 unspecified atom stereocenters. The van der Waals surface area contributed by atoms with E-state index in [4.69, 9.17) is 14.5 Å². The Morgan fingerprint density at radius 2 is 1.82 bits per heavy atom. The van der Waals surface area contributed by atoms with E-state index in [1.54, 1.807) is 31.4 Å². The minimum atomic E-state index is -0.477. The molecule has 1 N–H and O–H groups in total. The first-order valence-corrected chi connectivity index (χ1v) is 11.6. The van der Waals surface area contributed by atoms with Crippen molar-refractivity contribution in [1.29, 1.82) is 0 Å². The number of carbonyl (C=O) groups is 2. The van der Waals surface area contributed by atoms with Gasteiger partial charge in [0.2, 0.25) is 0 Å². The van der Waals surface area contributed by atoms with E-state index < -0.39 is 6.09 Å². The zero-order chi connectivity index (χ0) is 23.8. The smallest absolute Gasteiger partial charge is 0.411 e. The van der Waals surface area contributed by atoms with Crippen molar-refractivity contribution in [2.24, 2.45) is 4.99 Å². The van der Waals surface area contributed by atoms with E-state index in [9.17, 15) is 9.59 Å². The number of ketones is 1. The maximum atomic E-state index is 13.0. The van der Waals surface area contributed by atoms with Crippen molar-refractivity contribution in [3.05, 3.63) is 59.2 Å². The zero-order valence-electron chi connectivity index (χ0n) is 20.1. The zero-order valence-corrected chi connectivity index (χ0v) is 20.1. The Morgan fingerprint density at radius 3 is 2.52 bits per heavy atom. The Balaban J connectivity index is 1.63. The van der Waals surface area contributed by atoms with Crippen LogP contribution in [0.25, 0.3) is 0 Å². The lowest BCUT2D eigenvalue weighted by molar-refractivity contribution is 0.100. The lowest BCUT2D eigenvalue weighted by atomic mass is 9.85. The number of anilines is 1. The minimum absolute atomic E-state index is 0.0229. The average molecular weight is 451 g/mol. The Bertz CT molecular complexity index is 1010. The molecule has 0 spiro atoms. The summed E-state index contributed by atoms with van der Waals surface area (Å²) in [5, 5.41) is 2.71. The second kappa shape index (κ2) is 11.1. The number of nitrogens with zero attached hydrogens (tertiary/aromatic N) is 1. The largest absolute Gasteiger partial charge is 0.497 e. The van der Waals surface area contributed by atoms with Gasteiger partial charge in [-0.05, 0) is 68.7 Å². The van der Waals surface area contributed by atoms with Crippen LogP contribution < -0.4 is 10.1 Å². The van der Waals surface area contributed by atoms with Gasteiger partial charge in [-0.2, -0.15) is 0 Å². The molecule has 1 aliphatic heterocycles. The highest BCUT2D eigenvalue weighted by Crippen LogP contribution is 2.31. The highest BCUT2D eigenvalue weighted by Gasteiger charge is 2.28. The minimum Gasteiger partial charge on any atom is -0.497 e. The molecule has 176 valence electrons. The predicted octanol–water partition coefficient (Wildman–Crippen LogP) is 6.22. The summed E-state index contributed by atoms with van der Waals surface area (Å²) >= 11 is 0. The molecular weight excluding hydrogens is 416 g/mol. The fourth-order valence-electron chi connectivity index (χ4n) is 4.01. The number of carbonyl (C=O) groups excluding carboxylic acids is 2. The summed E-state index contributed by atoms with van der Waals surface area (Å²) in [6.07, 6.45) is 4.75. The average Bonchev–Trinajstić information content (AvgIpc) is 2.78. The number of rotatable bonds is 10. The molecule has 0 atom stereocenters. The van der Waals surface area contributed by atoms with Crippen LogP contribution >= 0.6 is 0 Å². The fourth-order valence-corrected chi connectivity index (χ4v) is 4.01. The highest BCUT2D eigenvalue weighted by atomic mass is 16.5. The molecule has 2 aromatic rings. The van der Waals surface area contributed by atoms with Crippen LogP contribution in [-0.4, -0.2) is 36.8 Å². The summed E-state index contributed by atoms with van der Waals surface area (Å²) in [5.74, 6) is 0.728. The molecule has 0 radical (unpaired) electrons. The second-order valence-corrected chi connectivity index (χ2v) is 9.07. The number of methoxy groups -OCH3 is 1. The maximum absolute atomic E-state index is 13.0. The van der Waals surface area contributed by atoms with Crippen molar-refractivity contribution in [3.8, 4) is 5.75 Å². The number of amides is 1. The SMILES string of the molecule is CCCCCCOC(=O)Nc1ccc(C(=O)CC2=NC(C)(C)Cc3ccc(OC)cc32)cc1. The molecule has 0 fully saturated rings. The van der Waals surface area contributed by atoms with E-state index in [1.165, 1.54) is 5.56 Å². The van der Waals surface area contributed by atoms with E-state index in [-0.39, 0.29) is 17.7 Å². The van der Waals surface area contributed by atoms with Gasteiger partial charge in [-0.1, -0.05) is 32.3 Å². The molecule has 6 nitrogen and oxygen atoms in total. The summed E-state index contributed by atoms with van der Waals surface area (Å²) in [6, 6.07) is 12.8. The van der Waals surface area contributed by atoms with Crippen molar-refractivity contribution in [2.75, 3.05) is 19.0 Å². The molecule has 1 heterocycles. The number of Topliss-reactive ketones (excluding diaryl/α,β-unsaturated/α-hetero) is 1. The monoisotopic (exact) mass is 450 g/mol. The molecule has 3 rings (SSSR count). The van der Waals surface area contributed by atoms with Crippen molar-refractivity contribution in [2.45, 2.75) is 64.8 Å². The van der Waals surface area contributed by atoms with Gasteiger partial charge in [0, 0.05) is 16.8 Å². The summed E-state index contributed by atoms with van der Waals surface area (Å²) in [5.41, 5.74) is 3.83. The lowest BCUT2D eigenvalue weighted by Crippen LogP contribution is -2.30. The van der Waals surface area contributed by atoms with E-state index in [2.05, 4.69) is 32.2 Å². The predicted molar refractivity (Wildman–Crippen MR) is 132 cm³/mol. The van der Waals surface area contributed by atoms with Crippen LogP contribution in [0.3, 0.4) is 0 Å².